The molecule has 14 heavy (non-hydrogen) atoms. The van der Waals surface area contributed by atoms with Gasteiger partial charge in [0.05, 0.1) is 11.4 Å². The third kappa shape index (κ3) is 2.02. The zero-order chi connectivity index (χ0) is 9.97. The van der Waals surface area contributed by atoms with Crippen LogP contribution in [0.4, 0.5) is 0 Å². The van der Waals surface area contributed by atoms with Crippen molar-refractivity contribution in [2.45, 2.75) is 5.75 Å². The molecule has 1 atom stereocenters. The van der Waals surface area contributed by atoms with Gasteiger partial charge in [-0.3, -0.25) is 8.61 Å². The molecule has 2 rings (SSSR count). The van der Waals surface area contributed by atoms with Crippen LogP contribution < -0.4 is 5.73 Å². The van der Waals surface area contributed by atoms with Crippen molar-refractivity contribution in [1.82, 2.24) is 9.38 Å². The van der Waals surface area contributed by atoms with Gasteiger partial charge >= 0.3 is 0 Å². The van der Waals surface area contributed by atoms with E-state index in [1.807, 2.05) is 22.2 Å². The monoisotopic (exact) mass is 229 g/mol. The number of thiazole rings is 1. The molecule has 0 aliphatic carbocycles. The lowest BCUT2D eigenvalue weighted by Gasteiger charge is -1.95. The molecular weight excluding hydrogens is 218 g/mol. The summed E-state index contributed by atoms with van der Waals surface area (Å²) in [6, 6.07) is 0. The smallest absolute Gasteiger partial charge is 0.193 e. The number of imidazole rings is 1. The van der Waals surface area contributed by atoms with Gasteiger partial charge in [-0.05, 0) is 0 Å². The van der Waals surface area contributed by atoms with Gasteiger partial charge in [-0.15, -0.1) is 11.3 Å². The average Bonchev–Trinajstić information content (AvgIpc) is 2.63. The summed E-state index contributed by atoms with van der Waals surface area (Å²) in [5, 5.41) is 1.98. The molecule has 0 amide bonds. The van der Waals surface area contributed by atoms with Crippen molar-refractivity contribution in [2.24, 2.45) is 5.73 Å². The Morgan fingerprint density at radius 2 is 2.50 bits per heavy atom. The highest BCUT2D eigenvalue weighted by atomic mass is 32.2. The van der Waals surface area contributed by atoms with Crippen LogP contribution in [0.25, 0.3) is 4.96 Å². The molecule has 6 heteroatoms. The number of rotatable bonds is 4. The number of nitrogens with two attached hydrogens (primary N) is 1. The second-order valence-electron chi connectivity index (χ2n) is 2.90. The standard InChI is InChI=1S/C8H11N3OS2/c9-1-4-14(12)6-7-5-11-2-3-13-8(11)10-7/h2-3,5H,1,4,6,9H2. The summed E-state index contributed by atoms with van der Waals surface area (Å²) in [6.45, 7) is 0.467. The Balaban J connectivity index is 2.11. The van der Waals surface area contributed by atoms with Crippen molar-refractivity contribution >= 4 is 27.1 Å². The van der Waals surface area contributed by atoms with Gasteiger partial charge in [0.1, 0.15) is 0 Å². The Labute approximate surface area is 88.2 Å². The fourth-order valence-electron chi connectivity index (χ4n) is 1.21. The van der Waals surface area contributed by atoms with Gasteiger partial charge in [-0.25, -0.2) is 4.98 Å². The Hall–Kier alpha value is -0.720. The van der Waals surface area contributed by atoms with Crippen LogP contribution in [-0.4, -0.2) is 25.9 Å². The van der Waals surface area contributed by atoms with Crippen molar-refractivity contribution < 1.29 is 4.21 Å². The van der Waals surface area contributed by atoms with Crippen LogP contribution >= 0.6 is 11.3 Å². The first-order valence-electron chi connectivity index (χ1n) is 4.25. The van der Waals surface area contributed by atoms with Crippen molar-refractivity contribution in [3.63, 3.8) is 0 Å². The van der Waals surface area contributed by atoms with Crippen LogP contribution in [0, 0.1) is 0 Å². The van der Waals surface area contributed by atoms with Crippen molar-refractivity contribution in [3.8, 4) is 0 Å². The minimum absolute atomic E-state index is 0.467. The molecule has 0 spiro atoms. The molecule has 0 aliphatic heterocycles. The second kappa shape index (κ2) is 4.20. The van der Waals surface area contributed by atoms with E-state index in [0.29, 0.717) is 18.1 Å². The molecule has 0 aromatic carbocycles. The molecule has 0 radical (unpaired) electrons. The molecule has 0 fully saturated rings. The largest absolute Gasteiger partial charge is 0.330 e. The first-order valence-corrected chi connectivity index (χ1v) is 6.62. The quantitative estimate of drug-likeness (QED) is 0.835. The molecule has 0 saturated heterocycles. The molecule has 0 aliphatic rings. The molecule has 0 bridgehead atoms. The van der Waals surface area contributed by atoms with Gasteiger partial charge in [0.2, 0.25) is 0 Å². The third-order valence-corrected chi connectivity index (χ3v) is 3.88. The number of fused-ring (bicyclic) bond motifs is 1. The number of hydrogen-bond acceptors (Lipinski definition) is 4. The van der Waals surface area contributed by atoms with E-state index in [9.17, 15) is 4.21 Å². The Kier molecular flexibility index (Phi) is 2.95. The first-order chi connectivity index (χ1) is 6.79. The van der Waals surface area contributed by atoms with Crippen LogP contribution in [0.2, 0.25) is 0 Å². The maximum absolute atomic E-state index is 11.4. The lowest BCUT2D eigenvalue weighted by molar-refractivity contribution is 0.682. The molecule has 1 unspecified atom stereocenters. The Morgan fingerprint density at radius 3 is 3.21 bits per heavy atom. The van der Waals surface area contributed by atoms with Gasteiger partial charge in [0.15, 0.2) is 4.96 Å². The van der Waals surface area contributed by atoms with E-state index in [0.717, 1.165) is 10.7 Å². The fraction of sp³-hybridized carbons (Fsp3) is 0.375. The molecule has 4 nitrogen and oxygen atoms in total. The summed E-state index contributed by atoms with van der Waals surface area (Å²) in [5.41, 5.74) is 6.20. The molecule has 2 aromatic rings. The minimum atomic E-state index is -0.878. The van der Waals surface area contributed by atoms with E-state index in [1.165, 1.54) is 0 Å². The molecule has 2 heterocycles. The van der Waals surface area contributed by atoms with Crippen molar-refractivity contribution in [2.75, 3.05) is 12.3 Å². The van der Waals surface area contributed by atoms with Gasteiger partial charge in [0.25, 0.3) is 0 Å². The molecule has 2 aromatic heterocycles. The van der Waals surface area contributed by atoms with Gasteiger partial charge in [-0.1, -0.05) is 0 Å². The summed E-state index contributed by atoms with van der Waals surface area (Å²) in [6.07, 6.45) is 3.86. The molecule has 0 saturated carbocycles. The van der Waals surface area contributed by atoms with Crippen LogP contribution in [0.5, 0.6) is 0 Å². The van der Waals surface area contributed by atoms with E-state index < -0.39 is 10.8 Å². The molecule has 2 N–H and O–H groups in total. The summed E-state index contributed by atoms with van der Waals surface area (Å²) in [5.74, 6) is 1.05. The zero-order valence-electron chi connectivity index (χ0n) is 7.55. The number of hydrogen-bond donors (Lipinski definition) is 1. The normalized spacial score (nSPS) is 13.5. The van der Waals surface area contributed by atoms with Gasteiger partial charge in [0, 0.05) is 40.9 Å². The maximum atomic E-state index is 11.4. The van der Waals surface area contributed by atoms with Crippen LogP contribution in [-0.2, 0) is 16.6 Å². The number of nitrogens with zero attached hydrogens (tertiary/aromatic N) is 2. The third-order valence-electron chi connectivity index (χ3n) is 1.80. The van der Waals surface area contributed by atoms with E-state index in [-0.39, 0.29) is 0 Å². The van der Waals surface area contributed by atoms with Crippen molar-refractivity contribution in [1.29, 1.82) is 0 Å². The highest BCUT2D eigenvalue weighted by molar-refractivity contribution is 7.84. The van der Waals surface area contributed by atoms with E-state index in [1.54, 1.807) is 11.3 Å². The van der Waals surface area contributed by atoms with Gasteiger partial charge < -0.3 is 5.73 Å². The Morgan fingerprint density at radius 1 is 1.64 bits per heavy atom. The lowest BCUT2D eigenvalue weighted by Crippen LogP contribution is -2.11. The van der Waals surface area contributed by atoms with Gasteiger partial charge in [-0.2, -0.15) is 0 Å². The topological polar surface area (TPSA) is 60.4 Å². The maximum Gasteiger partial charge on any atom is 0.193 e. The lowest BCUT2D eigenvalue weighted by atomic mass is 10.6. The van der Waals surface area contributed by atoms with E-state index in [2.05, 4.69) is 4.98 Å². The summed E-state index contributed by atoms with van der Waals surface area (Å²) in [7, 11) is -0.878. The SMILES string of the molecule is NCCS(=O)Cc1cn2ccsc2n1. The fourth-order valence-corrected chi connectivity index (χ4v) is 2.81. The molecular formula is C8H11N3OS2. The predicted molar refractivity (Wildman–Crippen MR) is 58.8 cm³/mol. The highest BCUT2D eigenvalue weighted by Crippen LogP contribution is 2.12. The predicted octanol–water partition coefficient (Wildman–Crippen LogP) is 0.603. The zero-order valence-corrected chi connectivity index (χ0v) is 9.18. The van der Waals surface area contributed by atoms with Crippen LogP contribution in [0.3, 0.4) is 0 Å². The molecule has 76 valence electrons. The highest BCUT2D eigenvalue weighted by Gasteiger charge is 2.05. The van der Waals surface area contributed by atoms with Crippen LogP contribution in [0.1, 0.15) is 5.69 Å². The summed E-state index contributed by atoms with van der Waals surface area (Å²) < 4.78 is 13.3. The second-order valence-corrected chi connectivity index (χ2v) is 5.35. The summed E-state index contributed by atoms with van der Waals surface area (Å²) in [4.78, 5) is 5.29. The van der Waals surface area contributed by atoms with E-state index >= 15 is 0 Å². The minimum Gasteiger partial charge on any atom is -0.330 e. The number of aromatic nitrogens is 2. The van der Waals surface area contributed by atoms with E-state index in [4.69, 9.17) is 5.73 Å². The van der Waals surface area contributed by atoms with Crippen molar-refractivity contribution in [3.05, 3.63) is 23.5 Å². The van der Waals surface area contributed by atoms with Crippen LogP contribution in [0.15, 0.2) is 17.8 Å². The average molecular weight is 229 g/mol. The summed E-state index contributed by atoms with van der Waals surface area (Å²) >= 11 is 1.58. The Bertz CT molecular complexity index is 420. The first kappa shape index (κ1) is 9.82.